The van der Waals surface area contributed by atoms with Gasteiger partial charge in [0.25, 0.3) is 0 Å². The first kappa shape index (κ1) is 22.4. The van der Waals surface area contributed by atoms with E-state index in [1.165, 1.54) is 58.4 Å². The Morgan fingerprint density at radius 2 is 1.52 bits per heavy atom. The monoisotopic (exact) mass is 465 g/mol. The zero-order valence-corrected chi connectivity index (χ0v) is 20.3. The first-order valence-electron chi connectivity index (χ1n) is 8.42. The Morgan fingerprint density at radius 3 is 2.08 bits per heavy atom. The molecule has 0 saturated heterocycles. The molecule has 0 saturated carbocycles. The number of rotatable bonds is 11. The van der Waals surface area contributed by atoms with Crippen LogP contribution in [0.1, 0.15) is 46.0 Å². The fourth-order valence-electron chi connectivity index (χ4n) is 1.74. The van der Waals surface area contributed by atoms with E-state index in [-0.39, 0.29) is 0 Å². The standard InChI is InChI=1S/C17H23NS7/c1-3-5-9-20-14-15(21-10-6-4-2)25-17(24-14)16-22-12-13(23-16)19-11-7-8-18/h12H,3-7,9-11H2,1-2H3. The fraction of sp³-hybridized carbons (Fsp3) is 0.588. The zero-order valence-electron chi connectivity index (χ0n) is 14.5. The third kappa shape index (κ3) is 7.97. The van der Waals surface area contributed by atoms with Crippen LogP contribution in [0.2, 0.25) is 0 Å². The summed E-state index contributed by atoms with van der Waals surface area (Å²) in [6.45, 7) is 4.53. The Morgan fingerprint density at radius 1 is 0.880 bits per heavy atom. The maximum Gasteiger partial charge on any atom is 0.0717 e. The smallest absolute Gasteiger partial charge is 0.0717 e. The molecule has 0 aromatic heterocycles. The van der Waals surface area contributed by atoms with Gasteiger partial charge in [0, 0.05) is 12.2 Å². The second-order valence-electron chi connectivity index (χ2n) is 5.17. The highest BCUT2D eigenvalue weighted by Gasteiger charge is 2.27. The second kappa shape index (κ2) is 13.4. The van der Waals surface area contributed by atoms with Crippen LogP contribution in [0.4, 0.5) is 0 Å². The van der Waals surface area contributed by atoms with Gasteiger partial charge in [-0.1, -0.05) is 73.7 Å². The average Bonchev–Trinajstić information content (AvgIpc) is 3.23. The van der Waals surface area contributed by atoms with Crippen LogP contribution in [0.3, 0.4) is 0 Å². The van der Waals surface area contributed by atoms with Crippen molar-refractivity contribution in [3.05, 3.63) is 26.6 Å². The first-order chi connectivity index (χ1) is 12.3. The van der Waals surface area contributed by atoms with Crippen molar-refractivity contribution in [3.63, 3.8) is 0 Å². The number of thioether (sulfide) groups is 7. The Labute approximate surface area is 182 Å². The number of hydrogen-bond acceptors (Lipinski definition) is 8. The van der Waals surface area contributed by atoms with E-state index in [1.807, 2.05) is 82.3 Å². The van der Waals surface area contributed by atoms with Gasteiger partial charge in [0.2, 0.25) is 0 Å². The lowest BCUT2D eigenvalue weighted by Crippen LogP contribution is -1.80. The highest BCUT2D eigenvalue weighted by molar-refractivity contribution is 8.43. The van der Waals surface area contributed by atoms with Crippen LogP contribution in [0.25, 0.3) is 0 Å². The molecule has 2 heterocycles. The predicted molar refractivity (Wildman–Crippen MR) is 130 cm³/mol. The summed E-state index contributed by atoms with van der Waals surface area (Å²) in [5.41, 5.74) is 0. The summed E-state index contributed by atoms with van der Waals surface area (Å²) >= 11 is 13.6. The third-order valence-corrected chi connectivity index (χ3v) is 13.0. The highest BCUT2D eigenvalue weighted by Crippen LogP contribution is 2.63. The van der Waals surface area contributed by atoms with E-state index in [1.54, 1.807) is 0 Å². The van der Waals surface area contributed by atoms with Gasteiger partial charge in [-0.05, 0) is 29.8 Å². The van der Waals surface area contributed by atoms with Crippen molar-refractivity contribution in [2.24, 2.45) is 0 Å². The van der Waals surface area contributed by atoms with Gasteiger partial charge in [-0.15, -0.1) is 35.3 Å². The molecule has 0 aliphatic carbocycles. The summed E-state index contributed by atoms with van der Waals surface area (Å²) < 4.78 is 7.27. The molecule has 0 amide bonds. The van der Waals surface area contributed by atoms with Crippen LogP contribution in [-0.2, 0) is 0 Å². The van der Waals surface area contributed by atoms with Crippen LogP contribution in [-0.4, -0.2) is 17.3 Å². The molecule has 8 heteroatoms. The molecular formula is C17H23NS7. The molecule has 0 aromatic rings. The first-order valence-corrected chi connectivity index (χ1v) is 14.7. The summed E-state index contributed by atoms with van der Waals surface area (Å²) in [5, 5.41) is 10.9. The van der Waals surface area contributed by atoms with Crippen LogP contribution >= 0.6 is 82.3 Å². The predicted octanol–water partition coefficient (Wildman–Crippen LogP) is 8.71. The molecular weight excluding hydrogens is 443 g/mol. The molecule has 0 bridgehead atoms. The number of nitriles is 1. The quantitative estimate of drug-likeness (QED) is 0.279. The molecule has 0 atom stereocenters. The lowest BCUT2D eigenvalue weighted by Gasteiger charge is -2.03. The van der Waals surface area contributed by atoms with Crippen LogP contribution < -0.4 is 0 Å². The topological polar surface area (TPSA) is 23.8 Å². The van der Waals surface area contributed by atoms with Crippen molar-refractivity contribution in [1.29, 1.82) is 5.26 Å². The Kier molecular flexibility index (Phi) is 12.0. The van der Waals surface area contributed by atoms with Gasteiger partial charge in [0.1, 0.15) is 0 Å². The molecule has 2 rings (SSSR count). The molecule has 0 radical (unpaired) electrons. The fourth-order valence-corrected chi connectivity index (χ4v) is 11.8. The Balaban J connectivity index is 1.92. The van der Waals surface area contributed by atoms with Crippen molar-refractivity contribution in [1.82, 2.24) is 0 Å². The molecule has 25 heavy (non-hydrogen) atoms. The van der Waals surface area contributed by atoms with E-state index < -0.39 is 0 Å². The minimum atomic E-state index is 0.626. The van der Waals surface area contributed by atoms with Gasteiger partial charge < -0.3 is 0 Å². The van der Waals surface area contributed by atoms with E-state index in [9.17, 15) is 0 Å². The SMILES string of the molecule is CCCCSC1=C(SCCCC)SC(=C2SC=C(SCCC#N)S2)S1. The molecule has 2 aliphatic heterocycles. The molecule has 1 nitrogen and oxygen atoms in total. The van der Waals surface area contributed by atoms with E-state index in [0.29, 0.717) is 6.42 Å². The number of unbranched alkanes of at least 4 members (excludes halogenated alkanes) is 2. The molecule has 0 N–H and O–H groups in total. The van der Waals surface area contributed by atoms with Gasteiger partial charge >= 0.3 is 0 Å². The normalized spacial score (nSPS) is 17.4. The van der Waals surface area contributed by atoms with Crippen molar-refractivity contribution >= 4 is 82.3 Å². The minimum Gasteiger partial charge on any atom is -0.198 e. The zero-order chi connectivity index (χ0) is 17.9. The van der Waals surface area contributed by atoms with Crippen LogP contribution in [0, 0.1) is 11.3 Å². The maximum atomic E-state index is 8.68. The van der Waals surface area contributed by atoms with Crippen molar-refractivity contribution < 1.29 is 0 Å². The highest BCUT2D eigenvalue weighted by atomic mass is 32.3. The molecule has 138 valence electrons. The van der Waals surface area contributed by atoms with Gasteiger partial charge in [0.05, 0.1) is 27.3 Å². The Hall–Kier alpha value is 1.16. The lowest BCUT2D eigenvalue weighted by atomic mass is 10.4. The van der Waals surface area contributed by atoms with Gasteiger partial charge in [-0.2, -0.15) is 5.26 Å². The summed E-state index contributed by atoms with van der Waals surface area (Å²) in [4.78, 5) is 0. The van der Waals surface area contributed by atoms with Crippen LogP contribution in [0.5, 0.6) is 0 Å². The Bertz CT molecular complexity index is 550. The number of hydrogen-bond donors (Lipinski definition) is 0. The van der Waals surface area contributed by atoms with Gasteiger partial charge in [-0.3, -0.25) is 0 Å². The van der Waals surface area contributed by atoms with E-state index in [4.69, 9.17) is 5.26 Å². The summed E-state index contributed by atoms with van der Waals surface area (Å²) in [6.07, 6.45) is 5.75. The van der Waals surface area contributed by atoms with Crippen molar-refractivity contribution in [3.8, 4) is 6.07 Å². The van der Waals surface area contributed by atoms with E-state index in [2.05, 4.69) is 25.3 Å². The summed E-state index contributed by atoms with van der Waals surface area (Å²) in [6, 6.07) is 2.22. The molecule has 0 aromatic carbocycles. The average molecular weight is 466 g/mol. The minimum absolute atomic E-state index is 0.626. The largest absolute Gasteiger partial charge is 0.198 e. The molecule has 0 unspecified atom stereocenters. The second-order valence-corrected chi connectivity index (χ2v) is 13.8. The third-order valence-electron chi connectivity index (χ3n) is 3.08. The van der Waals surface area contributed by atoms with E-state index >= 15 is 0 Å². The summed E-state index contributed by atoms with van der Waals surface area (Å²) in [5.74, 6) is 3.36. The van der Waals surface area contributed by atoms with Gasteiger partial charge in [0.15, 0.2) is 0 Å². The number of nitrogens with zero attached hydrogens (tertiary/aromatic N) is 1. The van der Waals surface area contributed by atoms with E-state index in [0.717, 1.165) is 5.75 Å². The van der Waals surface area contributed by atoms with Crippen LogP contribution in [0.15, 0.2) is 26.6 Å². The lowest BCUT2D eigenvalue weighted by molar-refractivity contribution is 0.897. The van der Waals surface area contributed by atoms with Gasteiger partial charge in [-0.25, -0.2) is 0 Å². The van der Waals surface area contributed by atoms with Crippen molar-refractivity contribution in [2.75, 3.05) is 17.3 Å². The maximum absolute atomic E-state index is 8.68. The summed E-state index contributed by atoms with van der Waals surface area (Å²) in [7, 11) is 0. The molecule has 0 fully saturated rings. The van der Waals surface area contributed by atoms with Crippen molar-refractivity contribution in [2.45, 2.75) is 46.0 Å². The molecule has 0 spiro atoms. The molecule has 2 aliphatic rings.